The number of ether oxygens (including phenoxy) is 2. The molecule has 1 aliphatic rings. The van der Waals surface area contributed by atoms with E-state index in [1.807, 2.05) is 6.92 Å². The highest BCUT2D eigenvalue weighted by molar-refractivity contribution is 7.92. The fourth-order valence-electron chi connectivity index (χ4n) is 2.97. The van der Waals surface area contributed by atoms with Crippen molar-refractivity contribution in [3.8, 4) is 5.75 Å². The van der Waals surface area contributed by atoms with Crippen LogP contribution in [0, 0.1) is 0 Å². The quantitative estimate of drug-likeness (QED) is 0.707. The number of benzene rings is 2. The van der Waals surface area contributed by atoms with Gasteiger partial charge in [0.1, 0.15) is 5.75 Å². The third kappa shape index (κ3) is 4.72. The summed E-state index contributed by atoms with van der Waals surface area (Å²) in [6.45, 7) is 3.12. The normalized spacial score (nSPS) is 15.8. The van der Waals surface area contributed by atoms with Gasteiger partial charge in [0.25, 0.3) is 10.0 Å². The van der Waals surface area contributed by atoms with E-state index in [0.29, 0.717) is 13.2 Å². The van der Waals surface area contributed by atoms with Gasteiger partial charge in [-0.05, 0) is 42.3 Å². The van der Waals surface area contributed by atoms with E-state index in [-0.39, 0.29) is 34.3 Å². The fraction of sp³-hybridized carbons (Fsp3) is 0.368. The molecule has 1 N–H and O–H groups in total. The van der Waals surface area contributed by atoms with Gasteiger partial charge in [-0.1, -0.05) is 19.1 Å². The third-order valence-electron chi connectivity index (χ3n) is 4.66. The topological polar surface area (TPSA) is 102 Å². The first kappa shape index (κ1) is 21.6. The van der Waals surface area contributed by atoms with Crippen molar-refractivity contribution in [2.24, 2.45) is 0 Å². The molecular formula is C19H24N2O6S2. The summed E-state index contributed by atoms with van der Waals surface area (Å²) in [6.07, 6.45) is 0.795. The summed E-state index contributed by atoms with van der Waals surface area (Å²) in [4.78, 5) is 0.0671. The molecule has 0 aromatic heterocycles. The monoisotopic (exact) mass is 440 g/mol. The van der Waals surface area contributed by atoms with Crippen LogP contribution in [0.15, 0.2) is 52.3 Å². The summed E-state index contributed by atoms with van der Waals surface area (Å²) >= 11 is 0. The van der Waals surface area contributed by atoms with Crippen LogP contribution < -0.4 is 9.46 Å². The van der Waals surface area contributed by atoms with Gasteiger partial charge in [-0.15, -0.1) is 0 Å². The molecule has 0 amide bonds. The molecule has 8 nitrogen and oxygen atoms in total. The Morgan fingerprint density at radius 2 is 1.62 bits per heavy atom. The Morgan fingerprint density at radius 3 is 2.21 bits per heavy atom. The summed E-state index contributed by atoms with van der Waals surface area (Å²) < 4.78 is 65.6. The number of aryl methyl sites for hydroxylation is 1. The zero-order chi connectivity index (χ0) is 21.1. The number of rotatable bonds is 7. The highest BCUT2D eigenvalue weighted by Gasteiger charge is 2.28. The van der Waals surface area contributed by atoms with Crippen LogP contribution in [-0.2, 0) is 31.2 Å². The average molecular weight is 441 g/mol. The van der Waals surface area contributed by atoms with Crippen molar-refractivity contribution in [2.75, 3.05) is 38.1 Å². The number of methoxy groups -OCH3 is 1. The lowest BCUT2D eigenvalue weighted by molar-refractivity contribution is 0.0730. The average Bonchev–Trinajstić information content (AvgIpc) is 2.74. The minimum atomic E-state index is -3.92. The maximum Gasteiger partial charge on any atom is 0.262 e. The Bertz CT molecular complexity index is 1060. The van der Waals surface area contributed by atoms with Crippen LogP contribution in [0.2, 0.25) is 0 Å². The molecule has 1 saturated heterocycles. The van der Waals surface area contributed by atoms with Crippen LogP contribution in [0.3, 0.4) is 0 Å². The summed E-state index contributed by atoms with van der Waals surface area (Å²) in [5.41, 5.74) is 1.07. The second kappa shape index (κ2) is 8.70. The molecule has 0 saturated carbocycles. The van der Waals surface area contributed by atoms with Gasteiger partial charge in [0.15, 0.2) is 0 Å². The minimum absolute atomic E-state index is 0.0146. The van der Waals surface area contributed by atoms with E-state index in [9.17, 15) is 16.8 Å². The van der Waals surface area contributed by atoms with Crippen molar-refractivity contribution in [3.05, 3.63) is 48.0 Å². The lowest BCUT2D eigenvalue weighted by Gasteiger charge is -2.26. The lowest BCUT2D eigenvalue weighted by atomic mass is 10.2. The highest BCUT2D eigenvalue weighted by atomic mass is 32.2. The van der Waals surface area contributed by atoms with Gasteiger partial charge in [-0.25, -0.2) is 16.8 Å². The summed E-state index contributed by atoms with van der Waals surface area (Å²) in [5, 5.41) is 0. The maximum absolute atomic E-state index is 12.9. The zero-order valence-corrected chi connectivity index (χ0v) is 17.9. The summed E-state index contributed by atoms with van der Waals surface area (Å²) in [5.74, 6) is 0.222. The van der Waals surface area contributed by atoms with E-state index < -0.39 is 20.0 Å². The van der Waals surface area contributed by atoms with E-state index in [2.05, 4.69) is 4.72 Å². The Kier molecular flexibility index (Phi) is 6.47. The molecule has 0 atom stereocenters. The minimum Gasteiger partial charge on any atom is -0.495 e. The number of nitrogens with zero attached hydrogens (tertiary/aromatic N) is 1. The molecule has 0 radical (unpaired) electrons. The lowest BCUT2D eigenvalue weighted by Crippen LogP contribution is -2.40. The molecule has 158 valence electrons. The Morgan fingerprint density at radius 1 is 1.00 bits per heavy atom. The van der Waals surface area contributed by atoms with Gasteiger partial charge in [-0.3, -0.25) is 4.72 Å². The van der Waals surface area contributed by atoms with E-state index in [1.54, 1.807) is 12.1 Å². The molecule has 1 aliphatic heterocycles. The molecule has 0 aliphatic carbocycles. The van der Waals surface area contributed by atoms with Crippen molar-refractivity contribution >= 4 is 25.7 Å². The Labute approximate surface area is 171 Å². The van der Waals surface area contributed by atoms with E-state index in [4.69, 9.17) is 9.47 Å². The Balaban J connectivity index is 1.94. The number of morpholine rings is 1. The van der Waals surface area contributed by atoms with Crippen LogP contribution >= 0.6 is 0 Å². The van der Waals surface area contributed by atoms with Gasteiger partial charge in [0.05, 0.1) is 35.8 Å². The van der Waals surface area contributed by atoms with Crippen LogP contribution in [0.25, 0.3) is 0 Å². The summed E-state index contributed by atoms with van der Waals surface area (Å²) in [7, 11) is -6.30. The summed E-state index contributed by atoms with van der Waals surface area (Å²) in [6, 6.07) is 10.6. The second-order valence-electron chi connectivity index (χ2n) is 6.48. The predicted octanol–water partition coefficient (Wildman–Crippen LogP) is 2.08. The van der Waals surface area contributed by atoms with Gasteiger partial charge in [0.2, 0.25) is 10.0 Å². The van der Waals surface area contributed by atoms with Gasteiger partial charge >= 0.3 is 0 Å². The number of anilines is 1. The molecule has 1 heterocycles. The maximum atomic E-state index is 12.9. The van der Waals surface area contributed by atoms with Crippen LogP contribution in [-0.4, -0.2) is 54.6 Å². The first-order chi connectivity index (χ1) is 13.8. The molecule has 2 aromatic rings. The molecule has 1 fully saturated rings. The highest BCUT2D eigenvalue weighted by Crippen LogP contribution is 2.31. The van der Waals surface area contributed by atoms with Gasteiger partial charge < -0.3 is 9.47 Å². The third-order valence-corrected chi connectivity index (χ3v) is 7.94. The van der Waals surface area contributed by atoms with Crippen LogP contribution in [0.5, 0.6) is 5.75 Å². The van der Waals surface area contributed by atoms with E-state index in [0.717, 1.165) is 12.0 Å². The number of hydrogen-bond donors (Lipinski definition) is 1. The zero-order valence-electron chi connectivity index (χ0n) is 16.3. The Hall–Kier alpha value is -2.14. The first-order valence-corrected chi connectivity index (χ1v) is 12.1. The predicted molar refractivity (Wildman–Crippen MR) is 109 cm³/mol. The SMILES string of the molecule is CCc1ccc(S(=O)(=O)Nc2cc(S(=O)(=O)N3CCOCC3)ccc2OC)cc1. The van der Waals surface area contributed by atoms with Crippen molar-refractivity contribution in [3.63, 3.8) is 0 Å². The molecule has 10 heteroatoms. The smallest absolute Gasteiger partial charge is 0.262 e. The number of hydrogen-bond acceptors (Lipinski definition) is 6. The number of sulfonamides is 2. The molecule has 0 bridgehead atoms. The van der Waals surface area contributed by atoms with Gasteiger partial charge in [-0.2, -0.15) is 4.31 Å². The van der Waals surface area contributed by atoms with Crippen molar-refractivity contribution in [2.45, 2.75) is 23.1 Å². The van der Waals surface area contributed by atoms with Crippen molar-refractivity contribution in [1.82, 2.24) is 4.31 Å². The molecular weight excluding hydrogens is 416 g/mol. The standard InChI is InChI=1S/C19H24N2O6S2/c1-3-15-4-6-16(7-5-15)28(22,23)20-18-14-17(8-9-19(18)26-2)29(24,25)21-10-12-27-13-11-21/h4-9,14,20H,3,10-13H2,1-2H3. The fourth-order valence-corrected chi connectivity index (χ4v) is 5.47. The molecule has 0 unspecified atom stereocenters. The molecule has 2 aromatic carbocycles. The molecule has 3 rings (SSSR count). The first-order valence-electron chi connectivity index (χ1n) is 9.15. The number of nitrogens with one attached hydrogen (secondary N) is 1. The van der Waals surface area contributed by atoms with E-state index in [1.165, 1.54) is 41.7 Å². The largest absolute Gasteiger partial charge is 0.495 e. The van der Waals surface area contributed by atoms with E-state index >= 15 is 0 Å². The molecule has 29 heavy (non-hydrogen) atoms. The second-order valence-corrected chi connectivity index (χ2v) is 10.1. The van der Waals surface area contributed by atoms with Crippen LogP contribution in [0.4, 0.5) is 5.69 Å². The van der Waals surface area contributed by atoms with Crippen LogP contribution in [0.1, 0.15) is 12.5 Å². The van der Waals surface area contributed by atoms with Crippen molar-refractivity contribution in [1.29, 1.82) is 0 Å². The van der Waals surface area contributed by atoms with Gasteiger partial charge in [0, 0.05) is 13.1 Å². The van der Waals surface area contributed by atoms with Crippen molar-refractivity contribution < 1.29 is 26.3 Å². The molecule has 0 spiro atoms.